The molecule has 22 heavy (non-hydrogen) atoms. The molecule has 5 heteroatoms. The van der Waals surface area contributed by atoms with Crippen molar-refractivity contribution in [3.05, 3.63) is 69.5 Å². The number of halogens is 3. The Kier molecular flexibility index (Phi) is 6.65. The van der Waals surface area contributed by atoms with Gasteiger partial charge in [0.15, 0.2) is 0 Å². The van der Waals surface area contributed by atoms with Gasteiger partial charge in [-0.2, -0.15) is 0 Å². The lowest BCUT2D eigenvalue weighted by Crippen LogP contribution is -2.26. The molecule has 2 rings (SSSR count). The van der Waals surface area contributed by atoms with E-state index in [0.717, 1.165) is 18.5 Å². The zero-order valence-electron chi connectivity index (χ0n) is 12.2. The Morgan fingerprint density at radius 2 is 1.82 bits per heavy atom. The maximum absolute atomic E-state index is 14.0. The molecule has 0 atom stereocenters. The summed E-state index contributed by atoms with van der Waals surface area (Å²) in [7, 11) is 0. The lowest BCUT2D eigenvalue weighted by atomic mass is 10.1. The lowest BCUT2D eigenvalue weighted by molar-refractivity contribution is 0.251. The van der Waals surface area contributed by atoms with Crippen LogP contribution in [0.15, 0.2) is 42.5 Å². The summed E-state index contributed by atoms with van der Waals surface area (Å²) in [6.07, 6.45) is 0.840. The van der Waals surface area contributed by atoms with Crippen LogP contribution in [0.3, 0.4) is 0 Å². The van der Waals surface area contributed by atoms with Crippen molar-refractivity contribution in [1.29, 1.82) is 0 Å². The highest BCUT2D eigenvalue weighted by molar-refractivity contribution is 6.31. The number of nitrogens with two attached hydrogens (primary N) is 1. The molecular weight excluding hydrogens is 322 g/mol. The molecule has 0 amide bonds. The Labute approximate surface area is 140 Å². The van der Waals surface area contributed by atoms with E-state index in [9.17, 15) is 4.39 Å². The first-order chi connectivity index (χ1) is 10.6. The number of hydrogen-bond donors (Lipinski definition) is 1. The molecule has 0 aliphatic carbocycles. The molecule has 0 unspecified atom stereocenters. The summed E-state index contributed by atoms with van der Waals surface area (Å²) in [6, 6.07) is 12.4. The van der Waals surface area contributed by atoms with Gasteiger partial charge in [0.1, 0.15) is 5.82 Å². The SMILES string of the molecule is NCCCN(Cc1cccc(Cl)c1)Cc1c(F)cccc1Cl. The second kappa shape index (κ2) is 8.49. The molecule has 2 aromatic rings. The van der Waals surface area contributed by atoms with Crippen molar-refractivity contribution in [2.24, 2.45) is 5.73 Å². The molecule has 2 aromatic carbocycles. The van der Waals surface area contributed by atoms with Crippen molar-refractivity contribution in [2.45, 2.75) is 19.5 Å². The molecule has 0 bridgehead atoms. The zero-order valence-corrected chi connectivity index (χ0v) is 13.7. The molecular formula is C17H19Cl2FN2. The van der Waals surface area contributed by atoms with Gasteiger partial charge in [-0.3, -0.25) is 4.90 Å². The predicted molar refractivity (Wildman–Crippen MR) is 90.6 cm³/mol. The zero-order chi connectivity index (χ0) is 15.9. The minimum atomic E-state index is -0.281. The Morgan fingerprint density at radius 1 is 1.05 bits per heavy atom. The van der Waals surface area contributed by atoms with E-state index in [1.165, 1.54) is 6.07 Å². The first kappa shape index (κ1) is 17.2. The van der Waals surface area contributed by atoms with Gasteiger partial charge in [0.2, 0.25) is 0 Å². The highest BCUT2D eigenvalue weighted by atomic mass is 35.5. The highest BCUT2D eigenvalue weighted by Gasteiger charge is 2.13. The van der Waals surface area contributed by atoms with Crippen LogP contribution in [-0.2, 0) is 13.1 Å². The van der Waals surface area contributed by atoms with Crippen LogP contribution in [0.4, 0.5) is 4.39 Å². The normalized spacial score (nSPS) is 11.1. The van der Waals surface area contributed by atoms with Gasteiger partial charge in [-0.15, -0.1) is 0 Å². The van der Waals surface area contributed by atoms with Crippen molar-refractivity contribution in [2.75, 3.05) is 13.1 Å². The smallest absolute Gasteiger partial charge is 0.129 e. The molecule has 2 nitrogen and oxygen atoms in total. The number of nitrogens with zero attached hydrogens (tertiary/aromatic N) is 1. The topological polar surface area (TPSA) is 29.3 Å². The maximum Gasteiger partial charge on any atom is 0.129 e. The molecule has 0 aliphatic heterocycles. The molecule has 0 fully saturated rings. The molecule has 0 saturated heterocycles. The summed E-state index contributed by atoms with van der Waals surface area (Å²) in [5.74, 6) is -0.281. The fourth-order valence-corrected chi connectivity index (χ4v) is 2.77. The molecule has 0 aliphatic rings. The van der Waals surface area contributed by atoms with Gasteiger partial charge in [-0.1, -0.05) is 41.4 Å². The van der Waals surface area contributed by atoms with Crippen LogP contribution in [0.2, 0.25) is 10.0 Å². The summed E-state index contributed by atoms with van der Waals surface area (Å²) in [5.41, 5.74) is 7.20. The number of benzene rings is 2. The first-order valence-corrected chi connectivity index (χ1v) is 7.95. The Balaban J connectivity index is 2.15. The van der Waals surface area contributed by atoms with Crippen LogP contribution >= 0.6 is 23.2 Å². The van der Waals surface area contributed by atoms with Crippen molar-refractivity contribution in [3.8, 4) is 0 Å². The van der Waals surface area contributed by atoms with Crippen LogP contribution in [0, 0.1) is 5.82 Å². The standard InChI is InChI=1S/C17H19Cl2FN2/c18-14-5-1-4-13(10-14)11-22(9-3-8-21)12-15-16(19)6-2-7-17(15)20/h1-2,4-7,10H,3,8-9,11-12,21H2. The Hall–Kier alpha value is -1.13. The Bertz CT molecular complexity index is 599. The van der Waals surface area contributed by atoms with Gasteiger partial charge in [0.05, 0.1) is 0 Å². The molecule has 2 N–H and O–H groups in total. The quantitative estimate of drug-likeness (QED) is 0.804. The molecule has 0 heterocycles. The van der Waals surface area contributed by atoms with Gasteiger partial charge in [-0.05, 0) is 42.8 Å². The fourth-order valence-electron chi connectivity index (χ4n) is 2.33. The van der Waals surface area contributed by atoms with E-state index in [2.05, 4.69) is 4.90 Å². The highest BCUT2D eigenvalue weighted by Crippen LogP contribution is 2.22. The third kappa shape index (κ3) is 4.96. The van der Waals surface area contributed by atoms with E-state index in [-0.39, 0.29) is 5.82 Å². The molecule has 118 valence electrons. The largest absolute Gasteiger partial charge is 0.330 e. The van der Waals surface area contributed by atoms with E-state index < -0.39 is 0 Å². The molecule has 0 spiro atoms. The van der Waals surface area contributed by atoms with Gasteiger partial charge >= 0.3 is 0 Å². The van der Waals surface area contributed by atoms with E-state index in [0.29, 0.717) is 35.2 Å². The van der Waals surface area contributed by atoms with Crippen molar-refractivity contribution in [3.63, 3.8) is 0 Å². The molecule has 0 saturated carbocycles. The van der Waals surface area contributed by atoms with Crippen molar-refractivity contribution < 1.29 is 4.39 Å². The summed E-state index contributed by atoms with van der Waals surface area (Å²) in [5, 5.41) is 1.14. The average molecular weight is 341 g/mol. The van der Waals surface area contributed by atoms with Gasteiger partial charge in [0, 0.05) is 35.2 Å². The van der Waals surface area contributed by atoms with E-state index in [1.807, 2.05) is 24.3 Å². The van der Waals surface area contributed by atoms with Crippen LogP contribution in [0.25, 0.3) is 0 Å². The van der Waals surface area contributed by atoms with E-state index in [1.54, 1.807) is 12.1 Å². The predicted octanol–water partition coefficient (Wildman–Crippen LogP) is 4.48. The fraction of sp³-hybridized carbons (Fsp3) is 0.294. The number of rotatable bonds is 7. The summed E-state index contributed by atoms with van der Waals surface area (Å²) in [6.45, 7) is 2.48. The second-order valence-electron chi connectivity index (χ2n) is 5.18. The van der Waals surface area contributed by atoms with Crippen LogP contribution in [-0.4, -0.2) is 18.0 Å². The van der Waals surface area contributed by atoms with Gasteiger partial charge in [0.25, 0.3) is 0 Å². The minimum absolute atomic E-state index is 0.281. The van der Waals surface area contributed by atoms with Gasteiger partial charge in [-0.25, -0.2) is 4.39 Å². The third-order valence-electron chi connectivity index (χ3n) is 3.42. The lowest BCUT2D eigenvalue weighted by Gasteiger charge is -2.23. The second-order valence-corrected chi connectivity index (χ2v) is 6.03. The Morgan fingerprint density at radius 3 is 2.50 bits per heavy atom. The minimum Gasteiger partial charge on any atom is -0.330 e. The van der Waals surface area contributed by atoms with Crippen LogP contribution in [0.1, 0.15) is 17.5 Å². The summed E-state index contributed by atoms with van der Waals surface area (Å²) >= 11 is 12.1. The molecule has 0 aromatic heterocycles. The van der Waals surface area contributed by atoms with Crippen LogP contribution in [0.5, 0.6) is 0 Å². The van der Waals surface area contributed by atoms with E-state index in [4.69, 9.17) is 28.9 Å². The maximum atomic E-state index is 14.0. The third-order valence-corrected chi connectivity index (χ3v) is 4.01. The average Bonchev–Trinajstić information content (AvgIpc) is 2.48. The van der Waals surface area contributed by atoms with Crippen molar-refractivity contribution in [1.82, 2.24) is 4.90 Å². The molecule has 0 radical (unpaired) electrons. The monoisotopic (exact) mass is 340 g/mol. The van der Waals surface area contributed by atoms with Crippen molar-refractivity contribution >= 4 is 23.2 Å². The summed E-state index contributed by atoms with van der Waals surface area (Å²) in [4.78, 5) is 2.13. The van der Waals surface area contributed by atoms with Crippen LogP contribution < -0.4 is 5.73 Å². The number of hydrogen-bond acceptors (Lipinski definition) is 2. The van der Waals surface area contributed by atoms with E-state index >= 15 is 0 Å². The van der Waals surface area contributed by atoms with Gasteiger partial charge < -0.3 is 5.73 Å². The first-order valence-electron chi connectivity index (χ1n) is 7.20. The summed E-state index contributed by atoms with van der Waals surface area (Å²) < 4.78 is 14.0.